The summed E-state index contributed by atoms with van der Waals surface area (Å²) in [6, 6.07) is 0.189. The van der Waals surface area contributed by atoms with Gasteiger partial charge in [-0.3, -0.25) is 10.1 Å². The zero-order valence-electron chi connectivity index (χ0n) is 12.8. The first-order valence-corrected chi connectivity index (χ1v) is 7.45. The van der Waals surface area contributed by atoms with Gasteiger partial charge in [0.15, 0.2) is 0 Å². The Hall–Kier alpha value is -1.92. The van der Waals surface area contributed by atoms with Crippen molar-refractivity contribution in [2.45, 2.75) is 52.5 Å². The molecule has 0 amide bonds. The van der Waals surface area contributed by atoms with Gasteiger partial charge >= 0.3 is 5.69 Å². The topological polar surface area (TPSA) is 93.0 Å². The van der Waals surface area contributed by atoms with Crippen LogP contribution in [-0.4, -0.2) is 27.5 Å². The molecule has 1 heterocycles. The molecule has 21 heavy (non-hydrogen) atoms. The molecule has 0 spiro atoms. The third-order valence-corrected chi connectivity index (χ3v) is 4.17. The number of rotatable bonds is 5. The van der Waals surface area contributed by atoms with E-state index in [1.165, 1.54) is 12.7 Å². The highest BCUT2D eigenvalue weighted by Gasteiger charge is 2.34. The molecule has 0 radical (unpaired) electrons. The summed E-state index contributed by atoms with van der Waals surface area (Å²) >= 11 is 0. The molecule has 2 rings (SSSR count). The van der Waals surface area contributed by atoms with Crippen LogP contribution in [0.15, 0.2) is 6.33 Å². The molecule has 0 saturated heterocycles. The van der Waals surface area contributed by atoms with E-state index in [0.717, 1.165) is 19.3 Å². The summed E-state index contributed by atoms with van der Waals surface area (Å²) in [5, 5.41) is 17.6. The van der Waals surface area contributed by atoms with E-state index in [9.17, 15) is 10.1 Å². The van der Waals surface area contributed by atoms with Gasteiger partial charge in [-0.25, -0.2) is 9.97 Å². The van der Waals surface area contributed by atoms with Gasteiger partial charge in [-0.15, -0.1) is 0 Å². The molecule has 1 fully saturated rings. The van der Waals surface area contributed by atoms with Crippen LogP contribution in [0.1, 0.15) is 46.5 Å². The fraction of sp³-hybridized carbons (Fsp3) is 0.714. The minimum absolute atomic E-state index is 0.0688. The van der Waals surface area contributed by atoms with Gasteiger partial charge in [0.2, 0.25) is 11.6 Å². The quantitative estimate of drug-likeness (QED) is 0.639. The zero-order chi connectivity index (χ0) is 15.5. The molecule has 1 aromatic heterocycles. The Morgan fingerprint density at radius 2 is 2.10 bits per heavy atom. The van der Waals surface area contributed by atoms with Crippen LogP contribution in [0.2, 0.25) is 0 Å². The summed E-state index contributed by atoms with van der Waals surface area (Å²) in [5.41, 5.74) is 0.0378. The third-order valence-electron chi connectivity index (χ3n) is 4.17. The minimum atomic E-state index is -0.420. The number of aromatic nitrogens is 2. The molecule has 0 aromatic carbocycles. The molecule has 1 atom stereocenters. The van der Waals surface area contributed by atoms with E-state index in [1.807, 2.05) is 6.92 Å². The van der Waals surface area contributed by atoms with E-state index in [2.05, 4.69) is 34.4 Å². The van der Waals surface area contributed by atoms with Crippen LogP contribution in [0.4, 0.5) is 17.3 Å². The molecule has 1 aliphatic rings. The molecule has 116 valence electrons. The van der Waals surface area contributed by atoms with E-state index in [1.54, 1.807) is 0 Å². The molecular formula is C14H23N5O2. The van der Waals surface area contributed by atoms with Gasteiger partial charge < -0.3 is 10.6 Å². The van der Waals surface area contributed by atoms with Crippen LogP contribution in [0.5, 0.6) is 0 Å². The summed E-state index contributed by atoms with van der Waals surface area (Å²) in [7, 11) is 0. The van der Waals surface area contributed by atoms with Crippen LogP contribution in [0.3, 0.4) is 0 Å². The predicted octanol–water partition coefficient (Wildman–Crippen LogP) is 3.20. The summed E-state index contributed by atoms with van der Waals surface area (Å²) in [5.74, 6) is 0.583. The van der Waals surface area contributed by atoms with E-state index in [4.69, 9.17) is 0 Å². The highest BCUT2D eigenvalue weighted by atomic mass is 16.6. The van der Waals surface area contributed by atoms with Crippen LogP contribution in [0, 0.1) is 15.5 Å². The summed E-state index contributed by atoms with van der Waals surface area (Å²) in [6.45, 7) is 6.85. The fourth-order valence-corrected chi connectivity index (χ4v) is 2.88. The van der Waals surface area contributed by atoms with E-state index < -0.39 is 4.92 Å². The van der Waals surface area contributed by atoms with Crippen molar-refractivity contribution in [3.63, 3.8) is 0 Å². The molecular weight excluding hydrogens is 270 g/mol. The SMILES string of the molecule is CCNc1ncnc(NC2CCCCC2(C)C)c1[N+](=O)[O-]. The number of anilines is 2. The minimum Gasteiger partial charge on any atom is -0.364 e. The summed E-state index contributed by atoms with van der Waals surface area (Å²) in [4.78, 5) is 19.0. The van der Waals surface area contributed by atoms with E-state index >= 15 is 0 Å². The van der Waals surface area contributed by atoms with Crippen molar-refractivity contribution in [2.75, 3.05) is 17.2 Å². The smallest absolute Gasteiger partial charge is 0.353 e. The average molecular weight is 293 g/mol. The number of hydrogen-bond acceptors (Lipinski definition) is 6. The number of nitrogens with one attached hydrogen (secondary N) is 2. The van der Waals surface area contributed by atoms with Gasteiger partial charge in [-0.2, -0.15) is 0 Å². The van der Waals surface area contributed by atoms with Gasteiger partial charge in [0.05, 0.1) is 4.92 Å². The van der Waals surface area contributed by atoms with Crippen molar-refractivity contribution in [1.29, 1.82) is 0 Å². The van der Waals surface area contributed by atoms with Gasteiger partial charge in [-0.05, 0) is 25.2 Å². The first-order valence-electron chi connectivity index (χ1n) is 7.45. The molecule has 1 saturated carbocycles. The zero-order valence-corrected chi connectivity index (χ0v) is 12.8. The highest BCUT2D eigenvalue weighted by Crippen LogP contribution is 2.39. The lowest BCUT2D eigenvalue weighted by Gasteiger charge is -2.39. The van der Waals surface area contributed by atoms with Crippen molar-refractivity contribution >= 4 is 17.3 Å². The maximum atomic E-state index is 11.4. The monoisotopic (exact) mass is 293 g/mol. The van der Waals surface area contributed by atoms with Crippen LogP contribution >= 0.6 is 0 Å². The predicted molar refractivity (Wildman–Crippen MR) is 82.5 cm³/mol. The first-order chi connectivity index (χ1) is 9.95. The lowest BCUT2D eigenvalue weighted by molar-refractivity contribution is -0.383. The lowest BCUT2D eigenvalue weighted by atomic mass is 9.73. The van der Waals surface area contributed by atoms with Crippen LogP contribution < -0.4 is 10.6 Å². The highest BCUT2D eigenvalue weighted by molar-refractivity contribution is 5.69. The van der Waals surface area contributed by atoms with Gasteiger partial charge in [-0.1, -0.05) is 26.7 Å². The third kappa shape index (κ3) is 3.40. The molecule has 0 aliphatic heterocycles. The maximum Gasteiger partial charge on any atom is 0.353 e. The van der Waals surface area contributed by atoms with Gasteiger partial charge in [0, 0.05) is 12.6 Å². The molecule has 1 aromatic rings. The van der Waals surface area contributed by atoms with Crippen LogP contribution in [0.25, 0.3) is 0 Å². The van der Waals surface area contributed by atoms with E-state index in [-0.39, 0.29) is 23.0 Å². The first kappa shape index (κ1) is 15.5. The van der Waals surface area contributed by atoms with Crippen molar-refractivity contribution in [3.05, 3.63) is 16.4 Å². The Bertz CT molecular complexity index is 518. The lowest BCUT2D eigenvalue weighted by Crippen LogP contribution is -2.39. The number of hydrogen-bond donors (Lipinski definition) is 2. The Morgan fingerprint density at radius 1 is 1.38 bits per heavy atom. The van der Waals surface area contributed by atoms with Crippen molar-refractivity contribution in [2.24, 2.45) is 5.41 Å². The Morgan fingerprint density at radius 3 is 2.71 bits per heavy atom. The second kappa shape index (κ2) is 6.24. The summed E-state index contributed by atoms with van der Waals surface area (Å²) in [6.07, 6.45) is 5.83. The fourth-order valence-electron chi connectivity index (χ4n) is 2.88. The molecule has 1 unspecified atom stereocenters. The van der Waals surface area contributed by atoms with Crippen LogP contribution in [-0.2, 0) is 0 Å². The van der Waals surface area contributed by atoms with E-state index in [0.29, 0.717) is 12.4 Å². The van der Waals surface area contributed by atoms with Crippen molar-refractivity contribution in [3.8, 4) is 0 Å². The molecule has 0 bridgehead atoms. The molecule has 7 nitrogen and oxygen atoms in total. The number of nitro groups is 1. The average Bonchev–Trinajstić information content (AvgIpc) is 2.41. The molecule has 1 aliphatic carbocycles. The summed E-state index contributed by atoms with van der Waals surface area (Å²) < 4.78 is 0. The number of nitrogens with zero attached hydrogens (tertiary/aromatic N) is 3. The standard InChI is InChI=1S/C14H23N5O2/c1-4-15-12-11(19(20)21)13(17-9-16-12)18-10-7-5-6-8-14(10,2)3/h9-10H,4-8H2,1-3H3,(H2,15,16,17,18). The Labute approximate surface area is 124 Å². The molecule has 7 heteroatoms. The Balaban J connectivity index is 2.30. The Kier molecular flexibility index (Phi) is 4.59. The second-order valence-electron chi connectivity index (χ2n) is 6.14. The van der Waals surface area contributed by atoms with Crippen molar-refractivity contribution < 1.29 is 4.92 Å². The van der Waals surface area contributed by atoms with Gasteiger partial charge in [0.25, 0.3) is 0 Å². The van der Waals surface area contributed by atoms with Gasteiger partial charge in [0.1, 0.15) is 6.33 Å². The van der Waals surface area contributed by atoms with Crippen molar-refractivity contribution in [1.82, 2.24) is 9.97 Å². The second-order valence-corrected chi connectivity index (χ2v) is 6.14. The maximum absolute atomic E-state index is 11.4. The largest absolute Gasteiger partial charge is 0.364 e. The normalized spacial score (nSPS) is 20.8. The molecule has 2 N–H and O–H groups in total.